The molecule has 0 saturated carbocycles. The topological polar surface area (TPSA) is 25.2 Å². The molecule has 2 rings (SSSR count). The number of hydrogen-bond acceptors (Lipinski definition) is 2. The molecule has 1 aromatic carbocycles. The van der Waals surface area contributed by atoms with Gasteiger partial charge in [0.05, 0.1) is 12.2 Å². The van der Waals surface area contributed by atoms with Gasteiger partial charge in [-0.1, -0.05) is 19.1 Å². The van der Waals surface area contributed by atoms with Gasteiger partial charge in [0.15, 0.2) is 0 Å². The number of halogens is 1. The Balaban J connectivity index is 2.07. The fraction of sp³-hybridized carbons (Fsp3) is 0.286. The standard InChI is InChI=1S/C14H16FNO/c1-3-11-7-8-12(17-11)9-16-14-10(2)5-4-6-13(14)15/h4-8,16H,3,9H2,1-2H3. The number of benzene rings is 1. The Labute approximate surface area is 100 Å². The number of para-hydroxylation sites is 1. The second-order valence-electron chi connectivity index (χ2n) is 4.01. The van der Waals surface area contributed by atoms with E-state index in [1.54, 1.807) is 6.07 Å². The van der Waals surface area contributed by atoms with E-state index in [-0.39, 0.29) is 5.82 Å². The summed E-state index contributed by atoms with van der Waals surface area (Å²) in [6.07, 6.45) is 0.874. The van der Waals surface area contributed by atoms with Crippen LogP contribution in [0.15, 0.2) is 34.7 Å². The first-order valence-corrected chi connectivity index (χ1v) is 5.77. The Kier molecular flexibility index (Phi) is 3.47. The fourth-order valence-corrected chi connectivity index (χ4v) is 1.74. The van der Waals surface area contributed by atoms with Gasteiger partial charge < -0.3 is 9.73 Å². The average molecular weight is 233 g/mol. The van der Waals surface area contributed by atoms with Crippen molar-refractivity contribution in [1.29, 1.82) is 0 Å². The molecular weight excluding hydrogens is 217 g/mol. The van der Waals surface area contributed by atoms with Crippen molar-refractivity contribution in [3.63, 3.8) is 0 Å². The lowest BCUT2D eigenvalue weighted by atomic mass is 10.2. The Morgan fingerprint density at radius 1 is 1.18 bits per heavy atom. The molecule has 1 aromatic heterocycles. The minimum absolute atomic E-state index is 0.229. The Bertz CT molecular complexity index is 484. The number of furan rings is 1. The van der Waals surface area contributed by atoms with Gasteiger partial charge in [0, 0.05) is 6.42 Å². The zero-order valence-corrected chi connectivity index (χ0v) is 10.1. The quantitative estimate of drug-likeness (QED) is 0.866. The summed E-state index contributed by atoms with van der Waals surface area (Å²) in [6, 6.07) is 8.91. The number of aryl methyl sites for hydroxylation is 2. The van der Waals surface area contributed by atoms with Gasteiger partial charge in [-0.05, 0) is 30.7 Å². The predicted octanol–water partition coefficient (Wildman–Crippen LogP) is 3.90. The lowest BCUT2D eigenvalue weighted by molar-refractivity contribution is 0.475. The first-order valence-electron chi connectivity index (χ1n) is 5.77. The van der Waals surface area contributed by atoms with Gasteiger partial charge in [0.1, 0.15) is 17.3 Å². The zero-order valence-electron chi connectivity index (χ0n) is 10.1. The highest BCUT2D eigenvalue weighted by Gasteiger charge is 2.06. The highest BCUT2D eigenvalue weighted by atomic mass is 19.1. The highest BCUT2D eigenvalue weighted by Crippen LogP contribution is 2.20. The molecule has 0 aliphatic heterocycles. The van der Waals surface area contributed by atoms with E-state index in [4.69, 9.17) is 4.42 Å². The lowest BCUT2D eigenvalue weighted by Gasteiger charge is -2.08. The molecule has 3 heteroatoms. The Morgan fingerprint density at radius 2 is 1.94 bits per heavy atom. The van der Waals surface area contributed by atoms with Gasteiger partial charge in [0.2, 0.25) is 0 Å². The van der Waals surface area contributed by atoms with Crippen molar-refractivity contribution in [1.82, 2.24) is 0 Å². The van der Waals surface area contributed by atoms with Crippen LogP contribution in [0, 0.1) is 12.7 Å². The molecular formula is C14H16FNO. The van der Waals surface area contributed by atoms with Crippen molar-refractivity contribution in [2.45, 2.75) is 26.8 Å². The number of anilines is 1. The van der Waals surface area contributed by atoms with Crippen molar-refractivity contribution in [3.8, 4) is 0 Å². The van der Waals surface area contributed by atoms with Crippen LogP contribution in [0.4, 0.5) is 10.1 Å². The van der Waals surface area contributed by atoms with Crippen molar-refractivity contribution in [2.75, 3.05) is 5.32 Å². The summed E-state index contributed by atoms with van der Waals surface area (Å²) in [5.74, 6) is 1.55. The second-order valence-corrected chi connectivity index (χ2v) is 4.01. The second kappa shape index (κ2) is 5.04. The SMILES string of the molecule is CCc1ccc(CNc2c(C)cccc2F)o1. The molecule has 2 nitrogen and oxygen atoms in total. The van der Waals surface area contributed by atoms with Gasteiger partial charge in [-0.15, -0.1) is 0 Å². The molecule has 0 radical (unpaired) electrons. The first-order chi connectivity index (χ1) is 8.20. The van der Waals surface area contributed by atoms with Crippen LogP contribution < -0.4 is 5.32 Å². The molecule has 0 aliphatic carbocycles. The van der Waals surface area contributed by atoms with Crippen LogP contribution in [-0.2, 0) is 13.0 Å². The minimum atomic E-state index is -0.229. The van der Waals surface area contributed by atoms with E-state index in [1.165, 1.54) is 6.07 Å². The van der Waals surface area contributed by atoms with Crippen molar-refractivity contribution in [3.05, 3.63) is 53.2 Å². The van der Waals surface area contributed by atoms with Gasteiger partial charge in [-0.25, -0.2) is 4.39 Å². The van der Waals surface area contributed by atoms with Crippen LogP contribution in [-0.4, -0.2) is 0 Å². The van der Waals surface area contributed by atoms with E-state index >= 15 is 0 Å². The van der Waals surface area contributed by atoms with Crippen LogP contribution >= 0.6 is 0 Å². The van der Waals surface area contributed by atoms with Crippen LogP contribution in [0.25, 0.3) is 0 Å². The average Bonchev–Trinajstić information content (AvgIpc) is 2.76. The first kappa shape index (κ1) is 11.7. The third-order valence-corrected chi connectivity index (χ3v) is 2.73. The van der Waals surface area contributed by atoms with Crippen molar-refractivity contribution >= 4 is 5.69 Å². The smallest absolute Gasteiger partial charge is 0.146 e. The fourth-order valence-electron chi connectivity index (χ4n) is 1.74. The summed E-state index contributed by atoms with van der Waals surface area (Å²) in [4.78, 5) is 0. The molecule has 17 heavy (non-hydrogen) atoms. The third-order valence-electron chi connectivity index (χ3n) is 2.73. The van der Waals surface area contributed by atoms with E-state index in [1.807, 2.05) is 32.0 Å². The lowest BCUT2D eigenvalue weighted by Crippen LogP contribution is -2.02. The molecule has 0 atom stereocenters. The molecule has 0 amide bonds. The maximum Gasteiger partial charge on any atom is 0.146 e. The molecule has 0 bridgehead atoms. The van der Waals surface area contributed by atoms with Crippen LogP contribution in [0.1, 0.15) is 24.0 Å². The van der Waals surface area contributed by atoms with Crippen molar-refractivity contribution in [2.24, 2.45) is 0 Å². The highest BCUT2D eigenvalue weighted by molar-refractivity contribution is 5.51. The van der Waals surface area contributed by atoms with E-state index in [2.05, 4.69) is 5.32 Å². The summed E-state index contributed by atoms with van der Waals surface area (Å²) in [5, 5.41) is 3.07. The number of rotatable bonds is 4. The third kappa shape index (κ3) is 2.67. The van der Waals surface area contributed by atoms with E-state index in [0.717, 1.165) is 23.5 Å². The normalized spacial score (nSPS) is 10.5. The Morgan fingerprint density at radius 3 is 2.59 bits per heavy atom. The number of hydrogen-bond donors (Lipinski definition) is 1. The molecule has 0 spiro atoms. The molecule has 1 heterocycles. The summed E-state index contributed by atoms with van der Waals surface area (Å²) in [5.41, 5.74) is 1.44. The molecule has 1 N–H and O–H groups in total. The summed E-state index contributed by atoms with van der Waals surface area (Å²) in [7, 11) is 0. The van der Waals surface area contributed by atoms with E-state index in [0.29, 0.717) is 12.2 Å². The molecule has 0 aliphatic rings. The van der Waals surface area contributed by atoms with Gasteiger partial charge in [-0.2, -0.15) is 0 Å². The monoisotopic (exact) mass is 233 g/mol. The van der Waals surface area contributed by atoms with Gasteiger partial charge >= 0.3 is 0 Å². The zero-order chi connectivity index (χ0) is 12.3. The van der Waals surface area contributed by atoms with Crippen LogP contribution in [0.5, 0.6) is 0 Å². The molecule has 0 unspecified atom stereocenters. The molecule has 0 saturated heterocycles. The van der Waals surface area contributed by atoms with Crippen LogP contribution in [0.3, 0.4) is 0 Å². The summed E-state index contributed by atoms with van der Waals surface area (Å²) in [6.45, 7) is 4.42. The van der Waals surface area contributed by atoms with Gasteiger partial charge in [0.25, 0.3) is 0 Å². The molecule has 90 valence electrons. The summed E-state index contributed by atoms with van der Waals surface area (Å²) >= 11 is 0. The largest absolute Gasteiger partial charge is 0.464 e. The van der Waals surface area contributed by atoms with Crippen molar-refractivity contribution < 1.29 is 8.81 Å². The summed E-state index contributed by atoms with van der Waals surface area (Å²) < 4.78 is 19.1. The van der Waals surface area contributed by atoms with E-state index in [9.17, 15) is 4.39 Å². The van der Waals surface area contributed by atoms with Gasteiger partial charge in [-0.3, -0.25) is 0 Å². The van der Waals surface area contributed by atoms with Crippen LogP contribution in [0.2, 0.25) is 0 Å². The molecule has 0 fully saturated rings. The molecule has 2 aromatic rings. The van der Waals surface area contributed by atoms with E-state index < -0.39 is 0 Å². The number of nitrogens with one attached hydrogen (secondary N) is 1. The maximum atomic E-state index is 13.5. The Hall–Kier alpha value is -1.77. The minimum Gasteiger partial charge on any atom is -0.464 e. The predicted molar refractivity (Wildman–Crippen MR) is 66.5 cm³/mol. The maximum absolute atomic E-state index is 13.5.